The standard InChI is InChI=1S/C18H18N4O3S/c1-18(2,23)11-25-16-7-6-13(10-20-16)26(24)22-15-5-3-4-14-12(8-19)9-21-17(14)15/h3-7,9-10,21-23H,11H2,1-2H3. The minimum Gasteiger partial charge on any atom is -0.588 e. The van der Waals surface area contributed by atoms with Gasteiger partial charge in [-0.15, -0.1) is 0 Å². The molecule has 0 aliphatic rings. The fourth-order valence-electron chi connectivity index (χ4n) is 2.30. The summed E-state index contributed by atoms with van der Waals surface area (Å²) in [4.78, 5) is 7.61. The highest BCUT2D eigenvalue weighted by Gasteiger charge is 2.17. The summed E-state index contributed by atoms with van der Waals surface area (Å²) in [5.41, 5.74) is 0.923. The number of fused-ring (bicyclic) bond motifs is 1. The number of aliphatic hydroxyl groups is 1. The Labute approximate surface area is 154 Å². The van der Waals surface area contributed by atoms with Crippen molar-refractivity contribution in [3.63, 3.8) is 0 Å². The van der Waals surface area contributed by atoms with Crippen LogP contribution in [0.5, 0.6) is 5.88 Å². The number of aromatic amines is 1. The van der Waals surface area contributed by atoms with Gasteiger partial charge < -0.3 is 19.4 Å². The largest absolute Gasteiger partial charge is 0.588 e. The molecule has 7 nitrogen and oxygen atoms in total. The number of rotatable bonds is 6. The van der Waals surface area contributed by atoms with Crippen LogP contribution in [0.2, 0.25) is 0 Å². The molecule has 1 unspecified atom stereocenters. The maximum Gasteiger partial charge on any atom is 0.213 e. The molecule has 3 rings (SSSR count). The molecule has 26 heavy (non-hydrogen) atoms. The fraction of sp³-hybridized carbons (Fsp3) is 0.222. The first-order chi connectivity index (χ1) is 12.4. The third kappa shape index (κ3) is 4.08. The maximum atomic E-state index is 12.6. The van der Waals surface area contributed by atoms with Crippen LogP contribution in [0.25, 0.3) is 10.9 Å². The van der Waals surface area contributed by atoms with Crippen LogP contribution in [0.15, 0.2) is 47.6 Å². The first kappa shape index (κ1) is 18.1. The topological polar surface area (TPSA) is 117 Å². The molecule has 0 radical (unpaired) electrons. The third-order valence-corrected chi connectivity index (χ3v) is 4.61. The van der Waals surface area contributed by atoms with Crippen molar-refractivity contribution in [1.29, 1.82) is 5.26 Å². The van der Waals surface area contributed by atoms with Crippen molar-refractivity contribution >= 4 is 28.0 Å². The van der Waals surface area contributed by atoms with Gasteiger partial charge in [0.1, 0.15) is 29.7 Å². The second kappa shape index (κ2) is 7.25. The smallest absolute Gasteiger partial charge is 0.213 e. The number of nitrogens with zero attached hydrogens (tertiary/aromatic N) is 2. The first-order valence-corrected chi connectivity index (χ1v) is 9.02. The number of H-pyrrole nitrogens is 1. The van der Waals surface area contributed by atoms with Gasteiger partial charge in [0.25, 0.3) is 0 Å². The lowest BCUT2D eigenvalue weighted by Gasteiger charge is -2.17. The SMILES string of the molecule is CC(C)(O)COc1ccc([S+]([O-])Nc2cccc3c(C#N)c[nH]c23)cn1. The van der Waals surface area contributed by atoms with Gasteiger partial charge in [-0.3, -0.25) is 0 Å². The van der Waals surface area contributed by atoms with Crippen LogP contribution < -0.4 is 9.46 Å². The summed E-state index contributed by atoms with van der Waals surface area (Å²) >= 11 is -1.53. The quantitative estimate of drug-likeness (QED) is 0.574. The number of nitrogens with one attached hydrogen (secondary N) is 2. The maximum absolute atomic E-state index is 12.6. The molecule has 3 aromatic rings. The van der Waals surface area contributed by atoms with Crippen molar-refractivity contribution in [2.45, 2.75) is 24.3 Å². The van der Waals surface area contributed by atoms with Gasteiger partial charge in [-0.2, -0.15) is 5.26 Å². The molecule has 8 heteroatoms. The van der Waals surface area contributed by atoms with E-state index in [1.807, 2.05) is 6.07 Å². The Kier molecular flexibility index (Phi) is 5.04. The highest BCUT2D eigenvalue weighted by molar-refractivity contribution is 7.92. The number of anilines is 1. The number of benzene rings is 1. The van der Waals surface area contributed by atoms with E-state index < -0.39 is 17.0 Å². The molecule has 2 aromatic heterocycles. The number of para-hydroxylation sites is 1. The number of hydrogen-bond acceptors (Lipinski definition) is 6. The molecule has 1 aromatic carbocycles. The Hall–Kier alpha value is -2.73. The molecule has 0 spiro atoms. The van der Waals surface area contributed by atoms with Crippen LogP contribution in [0.1, 0.15) is 19.4 Å². The molecule has 0 bridgehead atoms. The van der Waals surface area contributed by atoms with Gasteiger partial charge in [0.2, 0.25) is 5.88 Å². The zero-order valence-corrected chi connectivity index (χ0v) is 15.1. The first-order valence-electron chi connectivity index (χ1n) is 7.87. The van der Waals surface area contributed by atoms with Crippen LogP contribution in [-0.2, 0) is 11.4 Å². The Morgan fingerprint density at radius 2 is 2.19 bits per heavy atom. The van der Waals surface area contributed by atoms with Crippen LogP contribution in [0, 0.1) is 11.3 Å². The fourth-order valence-corrected chi connectivity index (χ4v) is 3.13. The Bertz CT molecular complexity index is 942. The van der Waals surface area contributed by atoms with E-state index in [9.17, 15) is 9.66 Å². The summed E-state index contributed by atoms with van der Waals surface area (Å²) in [6, 6.07) is 10.8. The van der Waals surface area contributed by atoms with E-state index >= 15 is 0 Å². The van der Waals surface area contributed by atoms with Gasteiger partial charge in [-0.25, -0.2) is 9.71 Å². The summed E-state index contributed by atoms with van der Waals surface area (Å²) in [5, 5.41) is 19.5. The van der Waals surface area contributed by atoms with Crippen LogP contribution in [0.3, 0.4) is 0 Å². The van der Waals surface area contributed by atoms with Crippen molar-refractivity contribution in [3.05, 3.63) is 48.3 Å². The van der Waals surface area contributed by atoms with Gasteiger partial charge in [-0.1, -0.05) is 12.1 Å². The monoisotopic (exact) mass is 370 g/mol. The molecule has 0 saturated heterocycles. The molecular weight excluding hydrogens is 352 g/mol. The predicted octanol–water partition coefficient (Wildman–Crippen LogP) is 2.72. The molecule has 0 fully saturated rings. The highest BCUT2D eigenvalue weighted by Crippen LogP contribution is 2.27. The summed E-state index contributed by atoms with van der Waals surface area (Å²) in [6.07, 6.45) is 3.08. The number of hydrogen-bond donors (Lipinski definition) is 3. The highest BCUT2D eigenvalue weighted by atomic mass is 32.2. The summed E-state index contributed by atoms with van der Waals surface area (Å²) in [5.74, 6) is 0.345. The van der Waals surface area contributed by atoms with E-state index in [-0.39, 0.29) is 6.61 Å². The molecule has 2 heterocycles. The van der Waals surface area contributed by atoms with Gasteiger partial charge in [0.05, 0.1) is 22.9 Å². The van der Waals surface area contributed by atoms with E-state index in [4.69, 9.17) is 10.00 Å². The Morgan fingerprint density at radius 3 is 2.85 bits per heavy atom. The lowest BCUT2D eigenvalue weighted by Crippen LogP contribution is -2.28. The minimum absolute atomic E-state index is 0.108. The van der Waals surface area contributed by atoms with Crippen LogP contribution in [-0.4, -0.2) is 31.8 Å². The van der Waals surface area contributed by atoms with Crippen molar-refractivity contribution < 1.29 is 14.4 Å². The van der Waals surface area contributed by atoms with Gasteiger partial charge in [0, 0.05) is 23.7 Å². The molecule has 1 atom stereocenters. The van der Waals surface area contributed by atoms with Crippen molar-refractivity contribution in [3.8, 4) is 11.9 Å². The summed E-state index contributed by atoms with van der Waals surface area (Å²) < 4.78 is 20.9. The van der Waals surface area contributed by atoms with Gasteiger partial charge in [0.15, 0.2) is 4.90 Å². The van der Waals surface area contributed by atoms with E-state index in [0.29, 0.717) is 22.0 Å². The second-order valence-electron chi connectivity index (χ2n) is 6.35. The zero-order valence-electron chi connectivity index (χ0n) is 14.3. The molecule has 0 saturated carbocycles. The van der Waals surface area contributed by atoms with E-state index in [0.717, 1.165) is 10.9 Å². The average Bonchev–Trinajstić information content (AvgIpc) is 3.04. The number of nitriles is 1. The van der Waals surface area contributed by atoms with E-state index in [1.165, 1.54) is 6.20 Å². The third-order valence-electron chi connectivity index (χ3n) is 3.54. The van der Waals surface area contributed by atoms with E-state index in [2.05, 4.69) is 20.8 Å². The Morgan fingerprint density at radius 1 is 1.38 bits per heavy atom. The van der Waals surface area contributed by atoms with Crippen molar-refractivity contribution in [1.82, 2.24) is 9.97 Å². The van der Waals surface area contributed by atoms with Crippen molar-refractivity contribution in [2.75, 3.05) is 11.3 Å². The lowest BCUT2D eigenvalue weighted by atomic mass is 10.2. The lowest BCUT2D eigenvalue weighted by molar-refractivity contribution is 0.0268. The predicted molar refractivity (Wildman–Crippen MR) is 99.1 cm³/mol. The number of aromatic nitrogens is 2. The second-order valence-corrected chi connectivity index (χ2v) is 7.56. The molecule has 0 aliphatic carbocycles. The molecule has 134 valence electrons. The van der Waals surface area contributed by atoms with Gasteiger partial charge >= 0.3 is 0 Å². The average molecular weight is 370 g/mol. The normalized spacial score (nSPS) is 12.6. The number of pyridine rings is 1. The zero-order chi connectivity index (χ0) is 18.7. The van der Waals surface area contributed by atoms with Crippen LogP contribution in [0.4, 0.5) is 5.69 Å². The molecule has 0 amide bonds. The van der Waals surface area contributed by atoms with Gasteiger partial charge in [-0.05, 0) is 19.9 Å². The van der Waals surface area contributed by atoms with Crippen LogP contribution >= 0.6 is 0 Å². The minimum atomic E-state index is -1.53. The van der Waals surface area contributed by atoms with E-state index in [1.54, 1.807) is 44.3 Å². The number of ether oxygens (including phenoxy) is 1. The Balaban J connectivity index is 1.73. The molecule has 0 aliphatic heterocycles. The molecule has 3 N–H and O–H groups in total. The summed E-state index contributed by atoms with van der Waals surface area (Å²) in [6.45, 7) is 3.38. The molecular formula is C18H18N4O3S. The summed E-state index contributed by atoms with van der Waals surface area (Å²) in [7, 11) is 0. The van der Waals surface area contributed by atoms with Crippen molar-refractivity contribution in [2.24, 2.45) is 0 Å².